The summed E-state index contributed by atoms with van der Waals surface area (Å²) in [6.45, 7) is 3.34. The van der Waals surface area contributed by atoms with E-state index in [-0.39, 0.29) is 0 Å². The van der Waals surface area contributed by atoms with Gasteiger partial charge in [-0.05, 0) is 39.6 Å². The maximum Gasteiger partial charge on any atom is 0.303 e. The van der Waals surface area contributed by atoms with Gasteiger partial charge in [-0.3, -0.25) is 19.2 Å². The molecule has 3 heterocycles. The number of carbonyl (C=O) groups excluding carboxylic acids is 4. The zero-order chi connectivity index (χ0) is 48.7. The number of carbonyl (C=O) groups is 4. The van der Waals surface area contributed by atoms with Crippen molar-refractivity contribution in [1.29, 1.82) is 0 Å². The van der Waals surface area contributed by atoms with Gasteiger partial charge in [-0.2, -0.15) is 0 Å². The van der Waals surface area contributed by atoms with Gasteiger partial charge in [0.1, 0.15) is 48.8 Å². The molecular weight excluding hydrogens is 895 g/mol. The largest absolute Gasteiger partial charge is 0.459 e. The van der Waals surface area contributed by atoms with Crippen molar-refractivity contribution in [2.75, 3.05) is 19.7 Å². The number of esters is 4. The van der Waals surface area contributed by atoms with Crippen LogP contribution in [0.2, 0.25) is 0 Å². The number of hydrogen-bond acceptors (Lipinski definition) is 21. The van der Waals surface area contributed by atoms with E-state index in [4.69, 9.17) is 58.4 Å². The molecule has 33 nitrogen and oxygen atoms in total. The summed E-state index contributed by atoms with van der Waals surface area (Å²) in [7, 11) is 0. The number of aliphatic hydroxyl groups excluding tert-OH is 1. The predicted octanol–water partition coefficient (Wildman–Crippen LogP) is 3.75. The summed E-state index contributed by atoms with van der Waals surface area (Å²) >= 11 is 0. The molecular formula is C32H43FN18O15. The molecule has 3 saturated heterocycles. The highest BCUT2D eigenvalue weighted by atomic mass is 19.1. The van der Waals surface area contributed by atoms with Crippen LogP contribution >= 0.6 is 0 Å². The Morgan fingerprint density at radius 3 is 1.53 bits per heavy atom. The van der Waals surface area contributed by atoms with E-state index in [1.807, 2.05) is 0 Å². The Bertz CT molecular complexity index is 2070. The number of hydrogen-bond donors (Lipinski definition) is 1. The van der Waals surface area contributed by atoms with Crippen LogP contribution < -0.4 is 0 Å². The van der Waals surface area contributed by atoms with E-state index in [2.05, 4.69) is 60.2 Å². The van der Waals surface area contributed by atoms with E-state index in [1.165, 1.54) is 6.92 Å². The first-order valence-electron chi connectivity index (χ1n) is 19.6. The molecule has 0 spiro atoms. The number of aliphatic hydroxyl groups is 1. The fourth-order valence-corrected chi connectivity index (χ4v) is 7.82. The normalized spacial score (nSPS) is 36.9. The fourth-order valence-electron chi connectivity index (χ4n) is 7.82. The van der Waals surface area contributed by atoms with E-state index < -0.39 is 166 Å². The standard InChI is InChI=1S/C32H43FN18O15/c1-10-17(7-40-46-34)61-30(21(20(10)33)44-50-38)64-24-16(43-49-37)6-15(42-48-36)23(57-11(2)53)28(24)66-32-29(60-14(5)56)26(19(9-52)63-32)65-31-22(45-51-39)27(59-13(4)55)25(58-12(3)54)18(62-31)8-41-47-35/h10,15-32,52H,6-9H2,1-5H3. The van der Waals surface area contributed by atoms with E-state index in [0.29, 0.717) is 0 Å². The quantitative estimate of drug-likeness (QED) is 0.0633. The Kier molecular flexibility index (Phi) is 19.4. The summed E-state index contributed by atoms with van der Waals surface area (Å²) in [4.78, 5) is 66.4. The highest BCUT2D eigenvalue weighted by Crippen LogP contribution is 2.41. The minimum absolute atomic E-state index is 0.423. The van der Waals surface area contributed by atoms with Crippen LogP contribution in [0.4, 0.5) is 4.39 Å². The van der Waals surface area contributed by atoms with Crippen molar-refractivity contribution in [3.8, 4) is 0 Å². The van der Waals surface area contributed by atoms with Gasteiger partial charge in [0.25, 0.3) is 0 Å². The molecule has 1 saturated carbocycles. The summed E-state index contributed by atoms with van der Waals surface area (Å²) in [6, 6.07) is -6.38. The molecule has 3 aliphatic heterocycles. The van der Waals surface area contributed by atoms with Crippen molar-refractivity contribution in [2.45, 2.75) is 151 Å². The van der Waals surface area contributed by atoms with Crippen LogP contribution in [0.15, 0.2) is 30.7 Å². The van der Waals surface area contributed by atoms with Crippen LogP contribution in [0.1, 0.15) is 41.0 Å². The van der Waals surface area contributed by atoms with Crippen LogP contribution in [0, 0.1) is 5.92 Å². The van der Waals surface area contributed by atoms with Gasteiger partial charge >= 0.3 is 23.9 Å². The smallest absolute Gasteiger partial charge is 0.303 e. The second-order valence-electron chi connectivity index (χ2n) is 14.7. The van der Waals surface area contributed by atoms with Crippen LogP contribution in [0.5, 0.6) is 0 Å². The number of alkyl halides is 1. The van der Waals surface area contributed by atoms with Gasteiger partial charge in [0.2, 0.25) is 0 Å². The molecule has 4 aliphatic rings. The first-order valence-corrected chi connectivity index (χ1v) is 19.6. The summed E-state index contributed by atoms with van der Waals surface area (Å²) < 4.78 is 74.7. The van der Waals surface area contributed by atoms with Crippen LogP contribution in [0.3, 0.4) is 0 Å². The van der Waals surface area contributed by atoms with Crippen molar-refractivity contribution < 1.29 is 76.0 Å². The molecule has 4 fully saturated rings. The second kappa shape index (κ2) is 24.6. The minimum Gasteiger partial charge on any atom is -0.459 e. The first kappa shape index (κ1) is 52.0. The second-order valence-corrected chi connectivity index (χ2v) is 14.7. The lowest BCUT2D eigenvalue weighted by molar-refractivity contribution is -0.299. The lowest BCUT2D eigenvalue weighted by Crippen LogP contribution is -2.63. The third-order valence-corrected chi connectivity index (χ3v) is 10.5. The SMILES string of the molecule is CC(=O)OC1C(N=[N+]=[N-])CC(N=[N+]=[N-])C(OC2OC(CN=[N+]=[N-])C(C)C(F)C2N=[N+]=[N-])C1OC1OC(CO)C(OC2OC(CN=[N+]=[N-])C(OC(C)=O)C(OC(C)=O)C2N=[N+]=[N-])C1OC(C)=O. The Balaban J connectivity index is 1.86. The Morgan fingerprint density at radius 1 is 0.545 bits per heavy atom. The topological polar surface area (TPSA) is 473 Å². The molecule has 0 radical (unpaired) electrons. The fraction of sp³-hybridized carbons (Fsp3) is 0.875. The molecule has 0 aromatic heterocycles. The third-order valence-electron chi connectivity index (χ3n) is 10.5. The lowest BCUT2D eigenvalue weighted by atomic mass is 9.83. The highest BCUT2D eigenvalue weighted by molar-refractivity contribution is 5.68. The van der Waals surface area contributed by atoms with Crippen LogP contribution in [-0.4, -0.2) is 159 Å². The molecule has 1 aliphatic carbocycles. The van der Waals surface area contributed by atoms with Gasteiger partial charge in [-0.25, -0.2) is 4.39 Å². The molecule has 1 N–H and O–H groups in total. The van der Waals surface area contributed by atoms with Crippen molar-refractivity contribution in [1.82, 2.24) is 0 Å². The maximum absolute atomic E-state index is 16.0. The molecule has 0 bridgehead atoms. The lowest BCUT2D eigenvalue weighted by Gasteiger charge is -2.47. The predicted molar refractivity (Wildman–Crippen MR) is 208 cm³/mol. The zero-order valence-corrected chi connectivity index (χ0v) is 35.4. The Labute approximate surface area is 370 Å². The first-order chi connectivity index (χ1) is 31.6. The van der Waals surface area contributed by atoms with E-state index in [0.717, 1.165) is 27.7 Å². The number of rotatable bonds is 19. The molecule has 19 unspecified atom stereocenters. The summed E-state index contributed by atoms with van der Waals surface area (Å²) in [5, 5.41) is 32.2. The van der Waals surface area contributed by atoms with Crippen LogP contribution in [0.25, 0.3) is 62.7 Å². The molecule has 34 heteroatoms. The minimum atomic E-state index is -2.00. The number of ether oxygens (including phenoxy) is 10. The molecule has 0 aromatic carbocycles. The zero-order valence-electron chi connectivity index (χ0n) is 35.4. The highest BCUT2D eigenvalue weighted by Gasteiger charge is 2.58. The summed E-state index contributed by atoms with van der Waals surface area (Å²) in [5.41, 5.74) is 56.2. The Hall–Kier alpha value is -6.61. The van der Waals surface area contributed by atoms with Gasteiger partial charge in [-0.15, -0.1) is 0 Å². The Morgan fingerprint density at radius 2 is 0.985 bits per heavy atom. The molecule has 19 atom stereocenters. The summed E-state index contributed by atoms with van der Waals surface area (Å²) in [6.07, 6.45) is -24.5. The molecule has 0 amide bonds. The van der Waals surface area contributed by atoms with Crippen molar-refractivity contribution in [3.05, 3.63) is 62.7 Å². The number of azide groups is 6. The van der Waals surface area contributed by atoms with Crippen LogP contribution in [-0.2, 0) is 66.5 Å². The van der Waals surface area contributed by atoms with Gasteiger partial charge in [0, 0.05) is 63.1 Å². The van der Waals surface area contributed by atoms with Gasteiger partial charge in [0.05, 0.1) is 44.0 Å². The molecule has 358 valence electrons. The number of nitrogens with zero attached hydrogens (tertiary/aromatic N) is 18. The average molecular weight is 939 g/mol. The van der Waals surface area contributed by atoms with Gasteiger partial charge in [-0.1, -0.05) is 37.6 Å². The van der Waals surface area contributed by atoms with E-state index in [9.17, 15) is 46.4 Å². The molecule has 0 aromatic rings. The average Bonchev–Trinajstić information content (AvgIpc) is 3.57. The number of halogens is 1. The van der Waals surface area contributed by atoms with Gasteiger partial charge < -0.3 is 52.5 Å². The van der Waals surface area contributed by atoms with E-state index in [1.54, 1.807) is 0 Å². The summed E-state index contributed by atoms with van der Waals surface area (Å²) in [5.74, 6) is -4.92. The molecule has 4 rings (SSSR count). The van der Waals surface area contributed by atoms with Gasteiger partial charge in [0.15, 0.2) is 37.2 Å². The third kappa shape index (κ3) is 12.8. The maximum atomic E-state index is 16.0. The van der Waals surface area contributed by atoms with Crippen molar-refractivity contribution in [2.24, 2.45) is 36.6 Å². The monoisotopic (exact) mass is 938 g/mol. The van der Waals surface area contributed by atoms with E-state index >= 15 is 4.39 Å². The van der Waals surface area contributed by atoms with Crippen molar-refractivity contribution in [3.63, 3.8) is 0 Å². The van der Waals surface area contributed by atoms with Crippen molar-refractivity contribution >= 4 is 23.9 Å². The molecule has 66 heavy (non-hydrogen) atoms.